The summed E-state index contributed by atoms with van der Waals surface area (Å²) in [5.74, 6) is -6.37. The highest BCUT2D eigenvalue weighted by Gasteiger charge is 2.62. The summed E-state index contributed by atoms with van der Waals surface area (Å²) in [6.07, 6.45) is -5.82. The second-order valence-corrected chi connectivity index (χ2v) is 3.62. The van der Waals surface area contributed by atoms with Crippen molar-refractivity contribution in [3.8, 4) is 0 Å². The van der Waals surface area contributed by atoms with Crippen molar-refractivity contribution in [1.29, 1.82) is 0 Å². The van der Waals surface area contributed by atoms with E-state index in [2.05, 4.69) is 0 Å². The molecular formula is C10H10ClF6N. The molecular weight excluding hydrogens is 284 g/mol. The molecule has 2 N–H and O–H groups in total. The third-order valence-corrected chi connectivity index (χ3v) is 2.26. The first-order valence-electron chi connectivity index (χ1n) is 4.53. The Balaban J connectivity index is 0.00000289. The zero-order chi connectivity index (χ0) is 13.4. The van der Waals surface area contributed by atoms with Crippen molar-refractivity contribution in [3.05, 3.63) is 35.1 Å². The molecule has 1 atom stereocenters. The van der Waals surface area contributed by atoms with Gasteiger partial charge in [0.1, 0.15) is 11.9 Å². The molecule has 0 radical (unpaired) electrons. The van der Waals surface area contributed by atoms with Gasteiger partial charge in [0.2, 0.25) is 0 Å². The van der Waals surface area contributed by atoms with Crippen molar-refractivity contribution < 1.29 is 26.3 Å². The number of nitrogens with two attached hydrogens (primary N) is 1. The maximum Gasteiger partial charge on any atom is 0.455 e. The van der Waals surface area contributed by atoms with Crippen LogP contribution in [-0.4, -0.2) is 12.1 Å². The Morgan fingerprint density at radius 3 is 2.06 bits per heavy atom. The Labute approximate surface area is 105 Å². The van der Waals surface area contributed by atoms with Crippen LogP contribution in [0.25, 0.3) is 0 Å². The molecule has 1 aromatic carbocycles. The van der Waals surface area contributed by atoms with E-state index in [1.807, 2.05) is 0 Å². The standard InChI is InChI=1S/C10H9F6N.ClH/c1-5-2-3-7(11)6(4-5)8(17)9(12,13)10(14,15)16;/h2-4,8H,17H2,1H3;1H/t8-;/m1./s1. The SMILES string of the molecule is Cc1ccc(F)c([C@@H](N)C(F)(F)C(F)(F)F)c1.Cl. The van der Waals surface area contributed by atoms with Crippen molar-refractivity contribution >= 4 is 12.4 Å². The molecule has 104 valence electrons. The summed E-state index contributed by atoms with van der Waals surface area (Å²) >= 11 is 0. The fourth-order valence-corrected chi connectivity index (χ4v) is 1.27. The van der Waals surface area contributed by atoms with Crippen LogP contribution in [0.5, 0.6) is 0 Å². The fraction of sp³-hybridized carbons (Fsp3) is 0.400. The molecule has 0 unspecified atom stereocenters. The van der Waals surface area contributed by atoms with E-state index in [-0.39, 0.29) is 12.4 Å². The van der Waals surface area contributed by atoms with Crippen LogP contribution in [0.2, 0.25) is 0 Å². The molecule has 0 amide bonds. The first-order chi connectivity index (χ1) is 7.57. The van der Waals surface area contributed by atoms with Gasteiger partial charge in [-0.2, -0.15) is 22.0 Å². The predicted molar refractivity (Wildman–Crippen MR) is 56.3 cm³/mol. The lowest BCUT2D eigenvalue weighted by Crippen LogP contribution is -2.46. The lowest BCUT2D eigenvalue weighted by Gasteiger charge is -2.26. The van der Waals surface area contributed by atoms with Gasteiger partial charge in [0.05, 0.1) is 0 Å². The minimum atomic E-state index is -5.82. The smallest absolute Gasteiger partial charge is 0.319 e. The van der Waals surface area contributed by atoms with Crippen LogP contribution in [0.3, 0.4) is 0 Å². The number of aryl methyl sites for hydroxylation is 1. The van der Waals surface area contributed by atoms with E-state index < -0.39 is 29.5 Å². The van der Waals surface area contributed by atoms with Crippen molar-refractivity contribution in [1.82, 2.24) is 0 Å². The lowest BCUT2D eigenvalue weighted by molar-refractivity contribution is -0.291. The monoisotopic (exact) mass is 293 g/mol. The van der Waals surface area contributed by atoms with E-state index in [0.717, 1.165) is 12.1 Å². The largest absolute Gasteiger partial charge is 0.455 e. The molecule has 1 rings (SSSR count). The minimum absolute atomic E-state index is 0. The van der Waals surface area contributed by atoms with Gasteiger partial charge in [-0.1, -0.05) is 17.7 Å². The Hall–Kier alpha value is -0.950. The quantitative estimate of drug-likeness (QED) is 0.826. The summed E-state index contributed by atoms with van der Waals surface area (Å²) in [5.41, 5.74) is 4.31. The Morgan fingerprint density at radius 1 is 1.11 bits per heavy atom. The summed E-state index contributed by atoms with van der Waals surface area (Å²) in [6, 6.07) is 0.163. The summed E-state index contributed by atoms with van der Waals surface area (Å²) in [4.78, 5) is 0. The molecule has 0 saturated heterocycles. The van der Waals surface area contributed by atoms with Crippen molar-refractivity contribution in [3.63, 3.8) is 0 Å². The molecule has 8 heteroatoms. The third-order valence-electron chi connectivity index (χ3n) is 2.26. The number of hydrogen-bond acceptors (Lipinski definition) is 1. The van der Waals surface area contributed by atoms with Crippen molar-refractivity contribution in [2.24, 2.45) is 5.73 Å². The number of benzene rings is 1. The highest BCUT2D eigenvalue weighted by molar-refractivity contribution is 5.85. The van der Waals surface area contributed by atoms with Gasteiger partial charge in [-0.25, -0.2) is 4.39 Å². The molecule has 0 bridgehead atoms. The second-order valence-electron chi connectivity index (χ2n) is 3.62. The molecule has 0 aliphatic rings. The number of halogens is 7. The van der Waals surface area contributed by atoms with Gasteiger partial charge in [0.25, 0.3) is 0 Å². The first kappa shape index (κ1) is 17.1. The molecule has 0 saturated carbocycles. The van der Waals surface area contributed by atoms with E-state index >= 15 is 0 Å². The van der Waals surface area contributed by atoms with Crippen LogP contribution in [-0.2, 0) is 0 Å². The van der Waals surface area contributed by atoms with E-state index in [4.69, 9.17) is 5.73 Å². The zero-order valence-electron chi connectivity index (χ0n) is 9.06. The van der Waals surface area contributed by atoms with Gasteiger partial charge in [-0.3, -0.25) is 0 Å². The fourth-order valence-electron chi connectivity index (χ4n) is 1.27. The van der Waals surface area contributed by atoms with Crippen LogP contribution in [0, 0.1) is 12.7 Å². The molecule has 0 spiro atoms. The average Bonchev–Trinajstić information content (AvgIpc) is 2.19. The van der Waals surface area contributed by atoms with Gasteiger partial charge in [-0.05, 0) is 13.0 Å². The van der Waals surface area contributed by atoms with Gasteiger partial charge in [0, 0.05) is 5.56 Å². The predicted octanol–water partition coefficient (Wildman–Crippen LogP) is 3.75. The summed E-state index contributed by atoms with van der Waals surface area (Å²) < 4.78 is 75.1. The van der Waals surface area contributed by atoms with Crippen LogP contribution >= 0.6 is 12.4 Å². The minimum Gasteiger partial charge on any atom is -0.319 e. The van der Waals surface area contributed by atoms with Crippen molar-refractivity contribution in [2.75, 3.05) is 0 Å². The maximum atomic E-state index is 13.2. The van der Waals surface area contributed by atoms with Crippen LogP contribution in [0.15, 0.2) is 18.2 Å². The van der Waals surface area contributed by atoms with E-state index in [1.165, 1.54) is 13.0 Å². The first-order valence-corrected chi connectivity index (χ1v) is 4.53. The zero-order valence-corrected chi connectivity index (χ0v) is 9.88. The molecule has 0 aromatic heterocycles. The summed E-state index contributed by atoms with van der Waals surface area (Å²) in [7, 11) is 0. The Kier molecular flexibility index (Phi) is 5.07. The number of rotatable bonds is 2. The molecule has 0 fully saturated rings. The summed E-state index contributed by atoms with van der Waals surface area (Å²) in [5, 5.41) is 0. The van der Waals surface area contributed by atoms with Gasteiger partial charge in [0.15, 0.2) is 0 Å². The Morgan fingerprint density at radius 2 is 1.61 bits per heavy atom. The second kappa shape index (κ2) is 5.36. The van der Waals surface area contributed by atoms with Crippen molar-refractivity contribution in [2.45, 2.75) is 25.1 Å². The molecule has 0 heterocycles. The Bertz CT molecular complexity index is 417. The maximum absolute atomic E-state index is 13.2. The van der Waals surface area contributed by atoms with Crippen LogP contribution in [0.1, 0.15) is 17.2 Å². The molecule has 1 nitrogen and oxygen atoms in total. The normalized spacial score (nSPS) is 14.0. The van der Waals surface area contributed by atoms with Crippen LogP contribution < -0.4 is 5.73 Å². The number of alkyl halides is 5. The number of hydrogen-bond donors (Lipinski definition) is 1. The van der Waals surface area contributed by atoms with E-state index in [9.17, 15) is 26.3 Å². The molecule has 0 aliphatic heterocycles. The van der Waals surface area contributed by atoms with E-state index in [0.29, 0.717) is 5.56 Å². The molecule has 1 aromatic rings. The van der Waals surface area contributed by atoms with Crippen LogP contribution in [0.4, 0.5) is 26.3 Å². The van der Waals surface area contributed by atoms with E-state index in [1.54, 1.807) is 0 Å². The topological polar surface area (TPSA) is 26.0 Å². The van der Waals surface area contributed by atoms with Gasteiger partial charge >= 0.3 is 12.1 Å². The molecule has 0 aliphatic carbocycles. The van der Waals surface area contributed by atoms with Gasteiger partial charge < -0.3 is 5.73 Å². The molecule has 18 heavy (non-hydrogen) atoms. The highest BCUT2D eigenvalue weighted by atomic mass is 35.5. The summed E-state index contributed by atoms with van der Waals surface area (Å²) in [6.45, 7) is 1.43. The van der Waals surface area contributed by atoms with Gasteiger partial charge in [-0.15, -0.1) is 12.4 Å². The average molecular weight is 294 g/mol. The highest BCUT2D eigenvalue weighted by Crippen LogP contribution is 2.43. The third kappa shape index (κ3) is 3.08. The lowest BCUT2D eigenvalue weighted by atomic mass is 9.99.